The number of phenols is 1. The molecule has 0 saturated carbocycles. The lowest BCUT2D eigenvalue weighted by molar-refractivity contribution is 0.463. The first-order chi connectivity index (χ1) is 5.16. The van der Waals surface area contributed by atoms with Crippen LogP contribution in [0, 0.1) is 0 Å². The van der Waals surface area contributed by atoms with Crippen LogP contribution in [0.4, 0.5) is 0 Å². The van der Waals surface area contributed by atoms with Crippen LogP contribution in [0.5, 0.6) is 5.75 Å². The zero-order valence-corrected chi connectivity index (χ0v) is 8.09. The Morgan fingerprint density at radius 2 is 2.00 bits per heavy atom. The first-order valence-corrected chi connectivity index (χ1v) is 4.86. The minimum atomic E-state index is 0.0617. The molecule has 4 heteroatoms. The standard InChI is InChI=1S/C7H6Cl2OS/c1-11-5-3-2-4(8)6(9)7(5)10/h2-3,10H,1H3. The first kappa shape index (κ1) is 9.04. The summed E-state index contributed by atoms with van der Waals surface area (Å²) in [6.07, 6.45) is 1.86. The summed E-state index contributed by atoms with van der Waals surface area (Å²) in [6.45, 7) is 0. The highest BCUT2D eigenvalue weighted by Gasteiger charge is 2.07. The molecule has 0 saturated heterocycles. The maximum Gasteiger partial charge on any atom is 0.149 e. The largest absolute Gasteiger partial charge is 0.505 e. The smallest absolute Gasteiger partial charge is 0.149 e. The minimum absolute atomic E-state index is 0.0617. The van der Waals surface area contributed by atoms with Gasteiger partial charge in [0.1, 0.15) is 10.8 Å². The number of halogens is 2. The number of hydrogen-bond acceptors (Lipinski definition) is 2. The molecule has 0 aliphatic carbocycles. The number of phenolic OH excluding ortho intramolecular Hbond substituents is 1. The van der Waals surface area contributed by atoms with E-state index in [1.165, 1.54) is 11.8 Å². The quantitative estimate of drug-likeness (QED) is 0.715. The summed E-state index contributed by atoms with van der Waals surface area (Å²) < 4.78 is 0. The first-order valence-electron chi connectivity index (χ1n) is 2.87. The average Bonchev–Trinajstić information content (AvgIpc) is 2.01. The van der Waals surface area contributed by atoms with Gasteiger partial charge >= 0.3 is 0 Å². The number of aromatic hydroxyl groups is 1. The van der Waals surface area contributed by atoms with Crippen molar-refractivity contribution in [1.82, 2.24) is 0 Å². The molecular weight excluding hydrogens is 203 g/mol. The molecule has 0 unspecified atom stereocenters. The Hall–Kier alpha value is -0.0500. The fourth-order valence-corrected chi connectivity index (χ4v) is 1.56. The molecule has 0 fully saturated rings. The fourth-order valence-electron chi connectivity index (χ4n) is 0.687. The molecule has 1 aromatic carbocycles. The third-order valence-electron chi connectivity index (χ3n) is 1.25. The summed E-state index contributed by atoms with van der Waals surface area (Å²) >= 11 is 12.7. The van der Waals surface area contributed by atoms with E-state index in [0.717, 1.165) is 4.90 Å². The van der Waals surface area contributed by atoms with E-state index in [-0.39, 0.29) is 10.8 Å². The van der Waals surface area contributed by atoms with Gasteiger partial charge in [0.2, 0.25) is 0 Å². The maximum absolute atomic E-state index is 9.34. The maximum atomic E-state index is 9.34. The van der Waals surface area contributed by atoms with Crippen molar-refractivity contribution in [3.63, 3.8) is 0 Å². The van der Waals surface area contributed by atoms with Gasteiger partial charge < -0.3 is 5.11 Å². The summed E-state index contributed by atoms with van der Waals surface area (Å²) in [5.41, 5.74) is 0. The van der Waals surface area contributed by atoms with E-state index in [9.17, 15) is 5.11 Å². The van der Waals surface area contributed by atoms with E-state index in [1.54, 1.807) is 12.1 Å². The Labute approximate surface area is 79.3 Å². The van der Waals surface area contributed by atoms with Crippen LogP contribution in [0.15, 0.2) is 17.0 Å². The number of benzene rings is 1. The second-order valence-electron chi connectivity index (χ2n) is 1.91. The predicted octanol–water partition coefficient (Wildman–Crippen LogP) is 3.42. The van der Waals surface area contributed by atoms with E-state index < -0.39 is 0 Å². The molecule has 0 aliphatic heterocycles. The molecule has 1 N–H and O–H groups in total. The van der Waals surface area contributed by atoms with Crippen molar-refractivity contribution in [2.75, 3.05) is 6.26 Å². The molecule has 0 heterocycles. The van der Waals surface area contributed by atoms with E-state index in [1.807, 2.05) is 6.26 Å². The normalized spacial score (nSPS) is 10.1. The SMILES string of the molecule is CSc1ccc(Cl)c(Cl)c1O. The topological polar surface area (TPSA) is 20.2 Å². The summed E-state index contributed by atoms with van der Waals surface area (Å²) in [6, 6.07) is 3.39. The van der Waals surface area contributed by atoms with Gasteiger partial charge in [-0.25, -0.2) is 0 Å². The van der Waals surface area contributed by atoms with Crippen molar-refractivity contribution >= 4 is 35.0 Å². The predicted molar refractivity (Wildman–Crippen MR) is 49.9 cm³/mol. The van der Waals surface area contributed by atoms with Gasteiger partial charge in [-0.3, -0.25) is 0 Å². The molecule has 0 atom stereocenters. The van der Waals surface area contributed by atoms with Crippen molar-refractivity contribution in [2.24, 2.45) is 0 Å². The second-order valence-corrected chi connectivity index (χ2v) is 3.55. The zero-order valence-electron chi connectivity index (χ0n) is 5.77. The van der Waals surface area contributed by atoms with Crippen LogP contribution >= 0.6 is 35.0 Å². The molecule has 11 heavy (non-hydrogen) atoms. The molecule has 60 valence electrons. The van der Waals surface area contributed by atoms with Crippen molar-refractivity contribution < 1.29 is 5.11 Å². The molecule has 0 spiro atoms. The molecule has 0 aliphatic rings. The molecular formula is C7H6Cl2OS. The van der Waals surface area contributed by atoms with Gasteiger partial charge in [0, 0.05) is 0 Å². The van der Waals surface area contributed by atoms with Gasteiger partial charge in [0.15, 0.2) is 0 Å². The lowest BCUT2D eigenvalue weighted by Gasteiger charge is -2.03. The monoisotopic (exact) mass is 208 g/mol. The van der Waals surface area contributed by atoms with Crippen LogP contribution in [-0.2, 0) is 0 Å². The van der Waals surface area contributed by atoms with E-state index in [2.05, 4.69) is 0 Å². The summed E-state index contributed by atoms with van der Waals surface area (Å²) in [4.78, 5) is 0.736. The molecule has 0 aromatic heterocycles. The summed E-state index contributed by atoms with van der Waals surface area (Å²) in [5, 5.41) is 9.94. The Morgan fingerprint density at radius 1 is 1.36 bits per heavy atom. The Morgan fingerprint density at radius 3 is 2.55 bits per heavy atom. The average molecular weight is 209 g/mol. The third kappa shape index (κ3) is 1.75. The molecule has 1 aromatic rings. The Kier molecular flexibility index (Phi) is 2.93. The Balaban J connectivity index is 3.25. The highest BCUT2D eigenvalue weighted by Crippen LogP contribution is 2.37. The van der Waals surface area contributed by atoms with Gasteiger partial charge in [-0.15, -0.1) is 11.8 Å². The molecule has 1 nitrogen and oxygen atoms in total. The Bertz CT molecular complexity index is 275. The number of rotatable bonds is 1. The van der Waals surface area contributed by atoms with E-state index >= 15 is 0 Å². The van der Waals surface area contributed by atoms with Gasteiger partial charge in [0.25, 0.3) is 0 Å². The molecule has 0 bridgehead atoms. The van der Waals surface area contributed by atoms with E-state index in [4.69, 9.17) is 23.2 Å². The molecule has 0 amide bonds. The van der Waals surface area contributed by atoms with Crippen molar-refractivity contribution in [1.29, 1.82) is 0 Å². The van der Waals surface area contributed by atoms with Crippen LogP contribution < -0.4 is 0 Å². The van der Waals surface area contributed by atoms with Crippen LogP contribution in [0.3, 0.4) is 0 Å². The van der Waals surface area contributed by atoms with Crippen LogP contribution in [0.1, 0.15) is 0 Å². The number of thioether (sulfide) groups is 1. The molecule has 0 radical (unpaired) electrons. The van der Waals surface area contributed by atoms with Crippen LogP contribution in [-0.4, -0.2) is 11.4 Å². The number of hydrogen-bond donors (Lipinski definition) is 1. The zero-order chi connectivity index (χ0) is 8.43. The minimum Gasteiger partial charge on any atom is -0.505 e. The molecule has 1 rings (SSSR count). The van der Waals surface area contributed by atoms with Crippen LogP contribution in [0.2, 0.25) is 10.0 Å². The third-order valence-corrected chi connectivity index (χ3v) is 2.82. The van der Waals surface area contributed by atoms with Gasteiger partial charge in [-0.2, -0.15) is 0 Å². The second kappa shape index (κ2) is 3.57. The van der Waals surface area contributed by atoms with Crippen molar-refractivity contribution in [2.45, 2.75) is 4.90 Å². The van der Waals surface area contributed by atoms with Crippen molar-refractivity contribution in [3.8, 4) is 5.75 Å². The summed E-state index contributed by atoms with van der Waals surface area (Å²) in [7, 11) is 0. The highest BCUT2D eigenvalue weighted by atomic mass is 35.5. The van der Waals surface area contributed by atoms with E-state index in [0.29, 0.717) is 5.02 Å². The fraction of sp³-hybridized carbons (Fsp3) is 0.143. The lowest BCUT2D eigenvalue weighted by atomic mass is 10.3. The van der Waals surface area contributed by atoms with Crippen molar-refractivity contribution in [3.05, 3.63) is 22.2 Å². The van der Waals surface area contributed by atoms with Gasteiger partial charge in [0.05, 0.1) is 9.92 Å². The van der Waals surface area contributed by atoms with Gasteiger partial charge in [-0.05, 0) is 18.4 Å². The lowest BCUT2D eigenvalue weighted by Crippen LogP contribution is -1.75. The highest BCUT2D eigenvalue weighted by molar-refractivity contribution is 7.98. The summed E-state index contributed by atoms with van der Waals surface area (Å²) in [5.74, 6) is 0.0617. The van der Waals surface area contributed by atoms with Gasteiger partial charge in [-0.1, -0.05) is 23.2 Å². The van der Waals surface area contributed by atoms with Crippen LogP contribution in [0.25, 0.3) is 0 Å².